The molecule has 6 rings (SSSR count). The molecule has 1 unspecified atom stereocenters. The predicted octanol–water partition coefficient (Wildman–Crippen LogP) is 7.13. The summed E-state index contributed by atoms with van der Waals surface area (Å²) < 4.78 is 89.0. The van der Waals surface area contributed by atoms with Gasteiger partial charge in [0.05, 0.1) is 47.7 Å². The summed E-state index contributed by atoms with van der Waals surface area (Å²) in [5, 5.41) is 18.4. The molecule has 0 amide bonds. The summed E-state index contributed by atoms with van der Waals surface area (Å²) in [6, 6.07) is 12.1. The Morgan fingerprint density at radius 2 is 1.83 bits per heavy atom. The first-order valence-electron chi connectivity index (χ1n) is 14.3. The zero-order chi connectivity index (χ0) is 33.6. The third-order valence-corrected chi connectivity index (χ3v) is 8.18. The van der Waals surface area contributed by atoms with Gasteiger partial charge in [0.15, 0.2) is 17.5 Å². The van der Waals surface area contributed by atoms with Crippen molar-refractivity contribution in [1.29, 1.82) is 5.26 Å². The first-order chi connectivity index (χ1) is 22.4. The van der Waals surface area contributed by atoms with E-state index < -0.39 is 64.1 Å². The minimum absolute atomic E-state index is 0.0153. The number of aromatic carboxylic acids is 1. The highest BCUT2D eigenvalue weighted by Crippen LogP contribution is 2.41. The van der Waals surface area contributed by atoms with Gasteiger partial charge in [-0.15, -0.1) is 0 Å². The molecule has 0 bridgehead atoms. The van der Waals surface area contributed by atoms with Crippen LogP contribution < -0.4 is 4.74 Å². The van der Waals surface area contributed by atoms with E-state index in [1.165, 1.54) is 41.0 Å². The van der Waals surface area contributed by atoms with Crippen LogP contribution in [0.5, 0.6) is 5.88 Å². The highest BCUT2D eigenvalue weighted by atomic mass is 19.2. The molecule has 47 heavy (non-hydrogen) atoms. The van der Waals surface area contributed by atoms with Crippen molar-refractivity contribution >= 4 is 17.0 Å². The number of rotatable bonds is 8. The third kappa shape index (κ3) is 5.88. The lowest BCUT2D eigenvalue weighted by atomic mass is 9.87. The molecule has 1 aliphatic rings. The zero-order valence-corrected chi connectivity index (χ0v) is 25.0. The lowest BCUT2D eigenvalue weighted by Gasteiger charge is -2.28. The van der Waals surface area contributed by atoms with Crippen molar-refractivity contribution in [3.8, 4) is 23.2 Å². The normalized spacial score (nSPS) is 15.6. The molecule has 3 aromatic carbocycles. The van der Waals surface area contributed by atoms with Crippen LogP contribution in [0.15, 0.2) is 54.6 Å². The van der Waals surface area contributed by atoms with Gasteiger partial charge in [-0.05, 0) is 36.4 Å². The highest BCUT2D eigenvalue weighted by molar-refractivity contribution is 5.93. The Hall–Kier alpha value is -5.35. The third-order valence-electron chi connectivity index (χ3n) is 8.18. The second-order valence-electron chi connectivity index (χ2n) is 11.8. The van der Waals surface area contributed by atoms with E-state index in [9.17, 15) is 14.3 Å². The highest BCUT2D eigenvalue weighted by Gasteiger charge is 2.39. The van der Waals surface area contributed by atoms with E-state index in [4.69, 9.17) is 14.7 Å². The van der Waals surface area contributed by atoms with Gasteiger partial charge in [0.25, 0.3) is 0 Å². The number of carbonyl (C=O) groups is 1. The molecule has 0 spiro atoms. The molecule has 1 fully saturated rings. The number of halogens is 5. The first-order valence-corrected chi connectivity index (χ1v) is 14.3. The van der Waals surface area contributed by atoms with Crippen LogP contribution in [-0.4, -0.2) is 38.8 Å². The average Bonchev–Trinajstić information content (AvgIpc) is 3.58. The molecule has 5 aromatic rings. The molecule has 13 heteroatoms. The Morgan fingerprint density at radius 1 is 1.04 bits per heavy atom. The summed E-state index contributed by atoms with van der Waals surface area (Å²) in [5.74, 6) is -7.12. The molecule has 0 radical (unpaired) electrons. The maximum absolute atomic E-state index is 15.7. The fourth-order valence-electron chi connectivity index (χ4n) is 5.65. The maximum atomic E-state index is 15.7. The largest absolute Gasteiger partial charge is 0.478 e. The van der Waals surface area contributed by atoms with E-state index in [1.54, 1.807) is 0 Å². The fraction of sp³-hybridized carbons (Fsp3) is 0.235. The van der Waals surface area contributed by atoms with Crippen LogP contribution in [0.4, 0.5) is 22.0 Å². The van der Waals surface area contributed by atoms with Crippen molar-refractivity contribution in [3.63, 3.8) is 0 Å². The maximum Gasteiger partial charge on any atom is 0.335 e. The standard InChI is InChI=1S/C34H25F5N4O4/c1-34(2)16-46-15-27(34)43-26-10-19(33(44)45)9-24(37)32(26)42-28(43)12-20-23(36)11-21(31(39)30(20)38)25-4-3-5-29(41-25)47-14-18-7-6-17(13-40)8-22(18)35/h3-11,27H,12,14-16H2,1-2H3,(H,44,45). The Kier molecular flexibility index (Phi) is 8.15. The van der Waals surface area contributed by atoms with Crippen molar-refractivity contribution in [1.82, 2.24) is 14.5 Å². The van der Waals surface area contributed by atoms with Crippen LogP contribution in [0.3, 0.4) is 0 Å². The number of benzene rings is 3. The molecule has 1 aliphatic heterocycles. The number of hydrogen-bond donors (Lipinski definition) is 1. The van der Waals surface area contributed by atoms with Gasteiger partial charge >= 0.3 is 5.97 Å². The SMILES string of the molecule is CC1(C)COCC1n1c(Cc2c(F)cc(-c3cccc(OCc4ccc(C#N)cc4F)n3)c(F)c2F)nc2c(F)cc(C(=O)O)cc21. The summed E-state index contributed by atoms with van der Waals surface area (Å²) in [6.45, 7) is 3.92. The van der Waals surface area contributed by atoms with Crippen molar-refractivity contribution in [2.24, 2.45) is 5.41 Å². The van der Waals surface area contributed by atoms with Crippen LogP contribution in [0.1, 0.15) is 52.8 Å². The summed E-state index contributed by atoms with van der Waals surface area (Å²) in [6.07, 6.45) is -0.593. The fourth-order valence-corrected chi connectivity index (χ4v) is 5.65. The number of hydrogen-bond acceptors (Lipinski definition) is 6. The van der Waals surface area contributed by atoms with Crippen LogP contribution in [-0.2, 0) is 17.8 Å². The second kappa shape index (κ2) is 12.1. The van der Waals surface area contributed by atoms with E-state index in [0.29, 0.717) is 6.61 Å². The molecular formula is C34H25F5N4O4. The summed E-state index contributed by atoms with van der Waals surface area (Å²) in [5.41, 5.74) is -2.08. The number of carboxylic acid groups (broad SMARTS) is 1. The van der Waals surface area contributed by atoms with Gasteiger partial charge in [0, 0.05) is 34.6 Å². The van der Waals surface area contributed by atoms with Gasteiger partial charge in [-0.1, -0.05) is 26.0 Å². The molecule has 0 saturated carbocycles. The van der Waals surface area contributed by atoms with Gasteiger partial charge in [-0.3, -0.25) is 0 Å². The number of imidazole rings is 1. The number of fused-ring (bicyclic) bond motifs is 1. The Morgan fingerprint density at radius 3 is 2.51 bits per heavy atom. The molecule has 0 aliphatic carbocycles. The Bertz CT molecular complexity index is 2110. The van der Waals surface area contributed by atoms with Crippen LogP contribution in [0.25, 0.3) is 22.3 Å². The number of pyridine rings is 1. The molecule has 8 nitrogen and oxygen atoms in total. The number of nitrogens with zero attached hydrogens (tertiary/aromatic N) is 4. The Balaban J connectivity index is 1.36. The quantitative estimate of drug-likeness (QED) is 0.141. The lowest BCUT2D eigenvalue weighted by molar-refractivity contribution is 0.0696. The molecule has 1 atom stereocenters. The second-order valence-corrected chi connectivity index (χ2v) is 11.8. The van der Waals surface area contributed by atoms with Gasteiger partial charge in [-0.2, -0.15) is 5.26 Å². The minimum Gasteiger partial charge on any atom is -0.478 e. The molecule has 240 valence electrons. The molecular weight excluding hydrogens is 623 g/mol. The predicted molar refractivity (Wildman–Crippen MR) is 158 cm³/mol. The van der Waals surface area contributed by atoms with Crippen molar-refractivity contribution in [2.45, 2.75) is 32.9 Å². The Labute approximate surface area is 264 Å². The van der Waals surface area contributed by atoms with Gasteiger partial charge in [0.1, 0.15) is 29.6 Å². The number of nitriles is 1. The first kappa shape index (κ1) is 31.6. The summed E-state index contributed by atoms with van der Waals surface area (Å²) >= 11 is 0. The monoisotopic (exact) mass is 648 g/mol. The summed E-state index contributed by atoms with van der Waals surface area (Å²) in [4.78, 5) is 20.1. The van der Waals surface area contributed by atoms with Crippen LogP contribution >= 0.6 is 0 Å². The van der Waals surface area contributed by atoms with E-state index in [-0.39, 0.29) is 58.3 Å². The number of carboxylic acids is 1. The molecule has 1 saturated heterocycles. The van der Waals surface area contributed by atoms with Gasteiger partial charge in [0.2, 0.25) is 5.88 Å². The molecule has 3 heterocycles. The number of aromatic nitrogens is 3. The van der Waals surface area contributed by atoms with E-state index >= 15 is 17.6 Å². The van der Waals surface area contributed by atoms with Gasteiger partial charge < -0.3 is 19.1 Å². The lowest BCUT2D eigenvalue weighted by Crippen LogP contribution is -2.27. The molecule has 1 N–H and O–H groups in total. The summed E-state index contributed by atoms with van der Waals surface area (Å²) in [7, 11) is 0. The minimum atomic E-state index is -1.51. The van der Waals surface area contributed by atoms with E-state index in [1.807, 2.05) is 19.9 Å². The van der Waals surface area contributed by atoms with Crippen molar-refractivity contribution in [3.05, 3.63) is 112 Å². The number of ether oxygens (including phenoxy) is 2. The van der Waals surface area contributed by atoms with E-state index in [0.717, 1.165) is 18.2 Å². The smallest absolute Gasteiger partial charge is 0.335 e. The van der Waals surface area contributed by atoms with Crippen LogP contribution in [0, 0.1) is 45.8 Å². The molecule has 2 aromatic heterocycles. The average molecular weight is 649 g/mol. The van der Waals surface area contributed by atoms with Crippen molar-refractivity contribution in [2.75, 3.05) is 13.2 Å². The topological polar surface area (TPSA) is 110 Å². The van der Waals surface area contributed by atoms with Crippen LogP contribution in [0.2, 0.25) is 0 Å². The van der Waals surface area contributed by atoms with Crippen molar-refractivity contribution < 1.29 is 41.3 Å². The zero-order valence-electron chi connectivity index (χ0n) is 25.0. The van der Waals surface area contributed by atoms with Gasteiger partial charge in [-0.25, -0.2) is 36.7 Å². The van der Waals surface area contributed by atoms with E-state index in [2.05, 4.69) is 9.97 Å².